The molecule has 1 N–H and O–H groups in total. The molecule has 0 aliphatic rings. The van der Waals surface area contributed by atoms with Crippen LogP contribution in [-0.4, -0.2) is 33.7 Å². The molecular weight excluding hydrogens is 163 g/mol. The van der Waals surface area contributed by atoms with Crippen LogP contribution in [0.2, 0.25) is 0 Å². The van der Waals surface area contributed by atoms with Gasteiger partial charge in [0.15, 0.2) is 0 Å². The van der Waals surface area contributed by atoms with Gasteiger partial charge < -0.3 is 0 Å². The van der Waals surface area contributed by atoms with Crippen molar-refractivity contribution < 1.29 is 17.4 Å². The van der Waals surface area contributed by atoms with Gasteiger partial charge in [0, 0.05) is 0 Å². The number of aliphatic hydroxyl groups is 1. The molecule has 0 heterocycles. The first-order valence-corrected chi connectivity index (χ1v) is 2.98. The molecule has 0 atom stereocenters. The minimum atomic E-state index is -1.58. The van der Waals surface area contributed by atoms with Crippen molar-refractivity contribution >= 4 is 22.0 Å². The molecule has 0 fully saturated rings. The zero-order valence-corrected chi connectivity index (χ0v) is 5.20. The third-order valence-corrected chi connectivity index (χ3v) is 0.852. The van der Waals surface area contributed by atoms with E-state index >= 15 is 0 Å². The van der Waals surface area contributed by atoms with Gasteiger partial charge in [-0.1, -0.05) is 0 Å². The number of hydrogen-bond acceptors (Lipinski definition) is 4. The number of aliphatic hydroxyl groups excluding tert-OH is 1. The summed E-state index contributed by atoms with van der Waals surface area (Å²) >= 11 is -1.58. The number of carbonyl (C=O) groups excluding carboxylic acids is 1. The Hall–Kier alpha value is -0.212. The van der Waals surface area contributed by atoms with Crippen LogP contribution in [0.1, 0.15) is 0 Å². The Morgan fingerprint density at radius 2 is 2.43 bits per heavy atom. The molecule has 7 heavy (non-hydrogen) atoms. The van der Waals surface area contributed by atoms with E-state index in [-0.39, 0.29) is 0 Å². The van der Waals surface area contributed by atoms with Crippen molar-refractivity contribution in [1.82, 2.24) is 0 Å². The van der Waals surface area contributed by atoms with E-state index in [2.05, 4.69) is 3.73 Å². The van der Waals surface area contributed by atoms with Gasteiger partial charge in [-0.15, -0.1) is 0 Å². The van der Waals surface area contributed by atoms with Crippen molar-refractivity contribution in [1.29, 1.82) is 0 Å². The van der Waals surface area contributed by atoms with E-state index in [0.717, 1.165) is 0 Å². The summed E-state index contributed by atoms with van der Waals surface area (Å²) in [6.45, 7) is -0.697. The molecule has 0 unspecified atom stereocenters. The van der Waals surface area contributed by atoms with Gasteiger partial charge in [-0.25, -0.2) is 0 Å². The molecular formula is C2H3AsO4. The fraction of sp³-hybridized carbons (Fsp3) is 0.500. The average molecular weight is 166 g/mol. The predicted octanol–water partition coefficient (Wildman–Crippen LogP) is -1.51. The molecule has 5 heteroatoms. The maximum atomic E-state index is 9.76. The first-order chi connectivity index (χ1) is 3.31. The van der Waals surface area contributed by atoms with Crippen molar-refractivity contribution in [2.24, 2.45) is 0 Å². The molecule has 0 saturated carbocycles. The van der Waals surface area contributed by atoms with Crippen LogP contribution in [-0.2, 0) is 12.3 Å². The van der Waals surface area contributed by atoms with E-state index in [9.17, 15) is 8.53 Å². The average Bonchev–Trinajstić information content (AvgIpc) is 1.68. The van der Waals surface area contributed by atoms with Crippen LogP contribution in [0.4, 0.5) is 0 Å². The van der Waals surface area contributed by atoms with Gasteiger partial charge in [0.1, 0.15) is 0 Å². The van der Waals surface area contributed by atoms with Gasteiger partial charge in [0.05, 0.1) is 0 Å². The Balaban J connectivity index is 3.17. The first-order valence-electron chi connectivity index (χ1n) is 1.44. The molecule has 0 bridgehead atoms. The Bertz CT molecular complexity index is 79.8. The summed E-state index contributed by atoms with van der Waals surface area (Å²) in [5.41, 5.74) is 0. The summed E-state index contributed by atoms with van der Waals surface area (Å²) in [7, 11) is 0. The summed E-state index contributed by atoms with van der Waals surface area (Å²) in [6, 6.07) is 0. The van der Waals surface area contributed by atoms with Gasteiger partial charge in [0.2, 0.25) is 0 Å². The molecule has 0 aliphatic heterocycles. The van der Waals surface area contributed by atoms with Crippen LogP contribution >= 0.6 is 0 Å². The minimum absolute atomic E-state index is 0.697. The van der Waals surface area contributed by atoms with Gasteiger partial charge in [-0.2, -0.15) is 0 Å². The molecule has 0 radical (unpaired) electrons. The van der Waals surface area contributed by atoms with Crippen molar-refractivity contribution in [3.63, 3.8) is 0 Å². The van der Waals surface area contributed by atoms with Crippen LogP contribution in [0.5, 0.6) is 0 Å². The van der Waals surface area contributed by atoms with Crippen LogP contribution in [0.25, 0.3) is 0 Å². The molecule has 0 aromatic carbocycles. The number of carbonyl (C=O) groups is 1. The van der Waals surface area contributed by atoms with Gasteiger partial charge >= 0.3 is 46.0 Å². The molecule has 40 valence electrons. The summed E-state index contributed by atoms with van der Waals surface area (Å²) in [6.07, 6.45) is 0. The van der Waals surface area contributed by atoms with E-state index in [1.165, 1.54) is 0 Å². The monoisotopic (exact) mass is 166 g/mol. The summed E-state index contributed by atoms with van der Waals surface area (Å²) in [5, 5.41) is 7.87. The zero-order valence-electron chi connectivity index (χ0n) is 3.33. The van der Waals surface area contributed by atoms with E-state index in [4.69, 9.17) is 5.11 Å². The van der Waals surface area contributed by atoms with Crippen LogP contribution in [0, 0.1) is 0 Å². The summed E-state index contributed by atoms with van der Waals surface area (Å²) in [5.74, 6) is -0.838. The zero-order chi connectivity index (χ0) is 5.70. The second kappa shape index (κ2) is 3.96. The van der Waals surface area contributed by atoms with E-state index in [1.807, 2.05) is 0 Å². The Kier molecular flexibility index (Phi) is 3.84. The molecule has 0 aliphatic carbocycles. The first kappa shape index (κ1) is 6.79. The van der Waals surface area contributed by atoms with Crippen molar-refractivity contribution in [3.8, 4) is 0 Å². The second-order valence-corrected chi connectivity index (χ2v) is 1.39. The topological polar surface area (TPSA) is 63.6 Å². The third-order valence-electron chi connectivity index (χ3n) is 0.268. The molecule has 0 rings (SSSR count). The summed E-state index contributed by atoms with van der Waals surface area (Å²) in [4.78, 5) is 9.76. The summed E-state index contributed by atoms with van der Waals surface area (Å²) < 4.78 is 13.3. The predicted molar refractivity (Wildman–Crippen MR) is 19.6 cm³/mol. The normalized spacial score (nSPS) is 8.71. The third kappa shape index (κ3) is 3.62. The molecule has 4 nitrogen and oxygen atoms in total. The fourth-order valence-electron chi connectivity index (χ4n) is 0.0704. The Morgan fingerprint density at radius 1 is 1.86 bits per heavy atom. The van der Waals surface area contributed by atoms with E-state index in [1.54, 1.807) is 0 Å². The number of rotatable bonds is 2. The van der Waals surface area contributed by atoms with Crippen molar-refractivity contribution in [2.75, 3.05) is 6.61 Å². The van der Waals surface area contributed by atoms with Crippen molar-refractivity contribution in [2.45, 2.75) is 0 Å². The molecule has 0 amide bonds. The van der Waals surface area contributed by atoms with Crippen LogP contribution in [0.3, 0.4) is 0 Å². The molecule has 0 aromatic rings. The van der Waals surface area contributed by atoms with Crippen molar-refractivity contribution in [3.05, 3.63) is 0 Å². The van der Waals surface area contributed by atoms with Crippen LogP contribution < -0.4 is 0 Å². The van der Waals surface area contributed by atoms with Gasteiger partial charge in [-0.05, 0) is 0 Å². The fourth-order valence-corrected chi connectivity index (χ4v) is 0.366. The maximum absolute atomic E-state index is 9.76. The molecule has 0 spiro atoms. The second-order valence-electron chi connectivity index (χ2n) is 0.696. The van der Waals surface area contributed by atoms with Crippen LogP contribution in [0.15, 0.2) is 0 Å². The quantitative estimate of drug-likeness (QED) is 0.506. The standard InChI is InChI=1S/C2H3AsO4/c4-1-2(5)7-3-6/h4H,1H2. The molecule has 0 aromatic heterocycles. The van der Waals surface area contributed by atoms with E-state index in [0.29, 0.717) is 0 Å². The Morgan fingerprint density at radius 3 is 2.57 bits per heavy atom. The number of hydrogen-bond donors (Lipinski definition) is 1. The van der Waals surface area contributed by atoms with Gasteiger partial charge in [0.25, 0.3) is 0 Å². The SMILES string of the molecule is O=[As]OC(=O)CO. The molecule has 0 saturated heterocycles. The Labute approximate surface area is 46.7 Å². The van der Waals surface area contributed by atoms with Gasteiger partial charge in [-0.3, -0.25) is 0 Å². The van der Waals surface area contributed by atoms with E-state index < -0.39 is 28.6 Å².